The molecule has 1 saturated heterocycles. The van der Waals surface area contributed by atoms with Crippen molar-refractivity contribution < 1.29 is 9.59 Å². The smallest absolute Gasteiger partial charge is 0.230 e. The number of nitrogens with one attached hydrogen (secondary N) is 1. The summed E-state index contributed by atoms with van der Waals surface area (Å²) in [5, 5.41) is 9.08. The molecule has 0 bridgehead atoms. The lowest BCUT2D eigenvalue weighted by Crippen LogP contribution is -2.44. The maximum Gasteiger partial charge on any atom is 0.230 e. The van der Waals surface area contributed by atoms with E-state index in [4.69, 9.17) is 0 Å². The number of hydrogen-bond donors (Lipinski definition) is 1. The second-order valence-corrected chi connectivity index (χ2v) is 6.66. The summed E-state index contributed by atoms with van der Waals surface area (Å²) in [6, 6.07) is 3.74. The molecule has 0 spiro atoms. The second-order valence-electron chi connectivity index (χ2n) is 5.68. The second kappa shape index (κ2) is 6.54. The van der Waals surface area contributed by atoms with Crippen molar-refractivity contribution in [3.8, 4) is 0 Å². The predicted molar refractivity (Wildman–Crippen MR) is 89.1 cm³/mol. The maximum absolute atomic E-state index is 12.7. The van der Waals surface area contributed by atoms with Gasteiger partial charge in [0.15, 0.2) is 0 Å². The van der Waals surface area contributed by atoms with Gasteiger partial charge in [-0.1, -0.05) is 6.07 Å². The Hall–Kier alpha value is -2.15. The summed E-state index contributed by atoms with van der Waals surface area (Å²) in [6.07, 6.45) is 4.44. The summed E-state index contributed by atoms with van der Waals surface area (Å²) >= 11 is 1.58. The van der Waals surface area contributed by atoms with E-state index in [0.717, 1.165) is 11.4 Å². The van der Waals surface area contributed by atoms with Crippen molar-refractivity contribution in [3.05, 3.63) is 34.8 Å². The Bertz CT molecular complexity index is 695. The number of carbonyl (C=O) groups excluding carboxylic acids is 2. The SMILES string of the molecule is CCn1cc(NC(=O)[C@@H]2CCC(=O)N(C)[C@H]2c2cccs2)cn1. The summed E-state index contributed by atoms with van der Waals surface area (Å²) in [6.45, 7) is 2.75. The van der Waals surface area contributed by atoms with Crippen molar-refractivity contribution in [2.75, 3.05) is 12.4 Å². The van der Waals surface area contributed by atoms with Crippen LogP contribution in [0.5, 0.6) is 0 Å². The van der Waals surface area contributed by atoms with Gasteiger partial charge in [-0.2, -0.15) is 5.10 Å². The van der Waals surface area contributed by atoms with Gasteiger partial charge in [-0.3, -0.25) is 14.3 Å². The zero-order chi connectivity index (χ0) is 16.4. The number of likely N-dealkylation sites (tertiary alicyclic amines) is 1. The fourth-order valence-electron chi connectivity index (χ4n) is 3.00. The third-order valence-corrected chi connectivity index (χ3v) is 5.20. The van der Waals surface area contributed by atoms with Gasteiger partial charge in [-0.05, 0) is 24.8 Å². The number of aryl methyl sites for hydroxylation is 1. The van der Waals surface area contributed by atoms with Crippen LogP contribution in [0.1, 0.15) is 30.7 Å². The normalized spacial score (nSPS) is 21.5. The lowest BCUT2D eigenvalue weighted by Gasteiger charge is -2.37. The van der Waals surface area contributed by atoms with Gasteiger partial charge in [0, 0.05) is 31.1 Å². The minimum absolute atomic E-state index is 0.0570. The molecule has 2 atom stereocenters. The zero-order valence-corrected chi connectivity index (χ0v) is 14.0. The summed E-state index contributed by atoms with van der Waals surface area (Å²) in [5.74, 6) is -0.217. The number of piperidine rings is 1. The third-order valence-electron chi connectivity index (χ3n) is 4.26. The Morgan fingerprint density at radius 3 is 3.00 bits per heavy atom. The van der Waals surface area contributed by atoms with Crippen LogP contribution < -0.4 is 5.32 Å². The highest BCUT2D eigenvalue weighted by Gasteiger charge is 2.39. The maximum atomic E-state index is 12.7. The van der Waals surface area contributed by atoms with Crippen molar-refractivity contribution in [2.24, 2.45) is 5.92 Å². The molecule has 2 aromatic heterocycles. The van der Waals surface area contributed by atoms with Crippen LogP contribution in [0, 0.1) is 5.92 Å². The molecule has 3 rings (SSSR count). The first-order chi connectivity index (χ1) is 11.1. The molecule has 1 aliphatic heterocycles. The fraction of sp³-hybridized carbons (Fsp3) is 0.438. The van der Waals surface area contributed by atoms with Crippen LogP contribution >= 0.6 is 11.3 Å². The van der Waals surface area contributed by atoms with E-state index in [1.165, 1.54) is 0 Å². The first-order valence-corrected chi connectivity index (χ1v) is 8.60. The monoisotopic (exact) mass is 332 g/mol. The molecule has 2 amide bonds. The molecule has 0 aromatic carbocycles. The van der Waals surface area contributed by atoms with Crippen molar-refractivity contribution in [1.82, 2.24) is 14.7 Å². The number of rotatable bonds is 4. The average Bonchev–Trinajstić information content (AvgIpc) is 3.21. The summed E-state index contributed by atoms with van der Waals surface area (Å²) in [5.41, 5.74) is 0.696. The van der Waals surface area contributed by atoms with Crippen LogP contribution in [0.15, 0.2) is 29.9 Å². The lowest BCUT2D eigenvalue weighted by molar-refractivity contribution is -0.140. The zero-order valence-electron chi connectivity index (χ0n) is 13.2. The van der Waals surface area contributed by atoms with Crippen LogP contribution in [-0.2, 0) is 16.1 Å². The molecule has 23 heavy (non-hydrogen) atoms. The first-order valence-electron chi connectivity index (χ1n) is 7.72. The Morgan fingerprint density at radius 1 is 1.52 bits per heavy atom. The topological polar surface area (TPSA) is 67.2 Å². The Kier molecular flexibility index (Phi) is 4.47. The van der Waals surface area contributed by atoms with E-state index in [1.807, 2.05) is 30.6 Å². The molecule has 0 unspecified atom stereocenters. The van der Waals surface area contributed by atoms with Crippen molar-refractivity contribution >= 4 is 28.8 Å². The highest BCUT2D eigenvalue weighted by Crippen LogP contribution is 2.38. The quantitative estimate of drug-likeness (QED) is 0.935. The van der Waals surface area contributed by atoms with Gasteiger partial charge in [0.1, 0.15) is 0 Å². The molecule has 0 aliphatic carbocycles. The largest absolute Gasteiger partial charge is 0.337 e. The molecule has 3 heterocycles. The number of anilines is 1. The van der Waals surface area contributed by atoms with Crippen LogP contribution in [-0.4, -0.2) is 33.5 Å². The van der Waals surface area contributed by atoms with E-state index in [1.54, 1.807) is 34.2 Å². The number of aromatic nitrogens is 2. The van der Waals surface area contributed by atoms with Gasteiger partial charge in [0.05, 0.1) is 23.8 Å². The number of amides is 2. The van der Waals surface area contributed by atoms with Gasteiger partial charge in [0.25, 0.3) is 0 Å². The van der Waals surface area contributed by atoms with Crippen molar-refractivity contribution in [3.63, 3.8) is 0 Å². The van der Waals surface area contributed by atoms with Gasteiger partial charge in [-0.25, -0.2) is 0 Å². The van der Waals surface area contributed by atoms with Gasteiger partial charge in [-0.15, -0.1) is 11.3 Å². The van der Waals surface area contributed by atoms with E-state index >= 15 is 0 Å². The molecule has 7 heteroatoms. The van der Waals surface area contributed by atoms with Gasteiger partial charge >= 0.3 is 0 Å². The standard InChI is InChI=1S/C16H20N4O2S/c1-3-20-10-11(9-17-20)18-16(22)12-6-7-14(21)19(2)15(12)13-5-4-8-23-13/h4-5,8-10,12,15H,3,6-7H2,1-2H3,(H,18,22)/t12-,15-/m1/s1. The minimum Gasteiger partial charge on any atom is -0.337 e. The van der Waals surface area contributed by atoms with E-state index in [9.17, 15) is 9.59 Å². The average molecular weight is 332 g/mol. The molecule has 0 radical (unpaired) electrons. The molecular formula is C16H20N4O2S. The molecule has 1 aliphatic rings. The summed E-state index contributed by atoms with van der Waals surface area (Å²) in [7, 11) is 1.78. The Balaban J connectivity index is 1.80. The van der Waals surface area contributed by atoms with Crippen molar-refractivity contribution in [2.45, 2.75) is 32.4 Å². The van der Waals surface area contributed by atoms with Crippen molar-refractivity contribution in [1.29, 1.82) is 0 Å². The molecule has 122 valence electrons. The van der Waals surface area contributed by atoms with E-state index in [2.05, 4.69) is 10.4 Å². The minimum atomic E-state index is -0.249. The van der Waals surface area contributed by atoms with E-state index < -0.39 is 0 Å². The molecule has 6 nitrogen and oxygen atoms in total. The van der Waals surface area contributed by atoms with Gasteiger partial charge in [0.2, 0.25) is 11.8 Å². The number of nitrogens with zero attached hydrogens (tertiary/aromatic N) is 3. The molecule has 1 fully saturated rings. The Labute approximate surface area is 139 Å². The summed E-state index contributed by atoms with van der Waals surface area (Å²) < 4.78 is 1.77. The predicted octanol–water partition coefficient (Wildman–Crippen LogP) is 2.51. The van der Waals surface area contributed by atoms with Crippen LogP contribution in [0.25, 0.3) is 0 Å². The molecule has 1 N–H and O–H groups in total. The third kappa shape index (κ3) is 3.14. The van der Waals surface area contributed by atoms with Gasteiger partial charge < -0.3 is 10.2 Å². The highest BCUT2D eigenvalue weighted by molar-refractivity contribution is 7.10. The fourth-order valence-corrected chi connectivity index (χ4v) is 3.93. The first kappa shape index (κ1) is 15.7. The highest BCUT2D eigenvalue weighted by atomic mass is 32.1. The van der Waals surface area contributed by atoms with E-state index in [-0.39, 0.29) is 23.8 Å². The lowest BCUT2D eigenvalue weighted by atomic mass is 9.87. The number of hydrogen-bond acceptors (Lipinski definition) is 4. The number of thiophene rings is 1. The van der Waals surface area contributed by atoms with Crippen LogP contribution in [0.4, 0.5) is 5.69 Å². The molecule has 0 saturated carbocycles. The Morgan fingerprint density at radius 2 is 2.35 bits per heavy atom. The molecular weight excluding hydrogens is 312 g/mol. The molecule has 2 aromatic rings. The number of carbonyl (C=O) groups is 2. The van der Waals surface area contributed by atoms with Crippen LogP contribution in [0.2, 0.25) is 0 Å². The van der Waals surface area contributed by atoms with E-state index in [0.29, 0.717) is 18.5 Å². The summed E-state index contributed by atoms with van der Waals surface area (Å²) in [4.78, 5) is 27.5. The van der Waals surface area contributed by atoms with Crippen LogP contribution in [0.3, 0.4) is 0 Å².